The van der Waals surface area contributed by atoms with Crippen molar-refractivity contribution in [1.82, 2.24) is 0 Å². The Morgan fingerprint density at radius 3 is 1.17 bits per heavy atom. The van der Waals surface area contributed by atoms with Crippen LogP contribution in [0.2, 0.25) is 0 Å². The van der Waals surface area contributed by atoms with Gasteiger partial charge in [0.25, 0.3) is 0 Å². The summed E-state index contributed by atoms with van der Waals surface area (Å²) in [6, 6.07) is 0. The van der Waals surface area contributed by atoms with E-state index in [1.54, 1.807) is 9.12 Å². The van der Waals surface area contributed by atoms with Gasteiger partial charge in [-0.15, -0.1) is 0 Å². The molecule has 6 heteroatoms. The molecule has 0 saturated heterocycles. The van der Waals surface area contributed by atoms with E-state index in [4.69, 9.17) is 4.57 Å². The molecule has 0 aromatic carbocycles. The monoisotopic (exact) mass is 541 g/mol. The van der Waals surface area contributed by atoms with E-state index in [1.807, 2.05) is 0 Å². The average molecular weight is 542 g/mol. The zero-order chi connectivity index (χ0) is 2.00. The summed E-state index contributed by atoms with van der Waals surface area (Å²) < 4.78 is 8.06. The molecule has 0 heterocycles. The van der Waals surface area contributed by atoms with E-state index in [1.165, 1.54) is 0 Å². The fraction of sp³-hybridized carbons (Fsp3) is 0. The zero-order valence-corrected chi connectivity index (χ0v) is 16.6. The first-order valence-corrected chi connectivity index (χ1v) is 0.612. The van der Waals surface area contributed by atoms with Gasteiger partial charge in [-0.05, 0) is 0 Å². The van der Waals surface area contributed by atoms with Gasteiger partial charge in [-0.1, -0.05) is 0 Å². The molecule has 0 amide bonds. The topological polar surface area (TPSA) is 17.1 Å². The average Bonchev–Trinajstić information content (AvgIpc) is 1.00. The molecule has 0 aromatic rings. The summed E-state index contributed by atoms with van der Waals surface area (Å²) >= 11 is 0. The van der Waals surface area contributed by atoms with E-state index in [0.29, 0.717) is 0 Å². The predicted molar refractivity (Wildman–Crippen MR) is 18.9 cm³/mol. The van der Waals surface area contributed by atoms with Crippen LogP contribution in [0.3, 0.4) is 0 Å². The van der Waals surface area contributed by atoms with Crippen LogP contribution in [0.4, 0.5) is 0 Å². The van der Waals surface area contributed by atoms with E-state index >= 15 is 0 Å². The molecule has 6 heavy (non-hydrogen) atoms. The van der Waals surface area contributed by atoms with Crippen LogP contribution in [0, 0.1) is 41.7 Å². The van der Waals surface area contributed by atoms with E-state index in [-0.39, 0.29) is 113 Å². The molecule has 0 atom stereocenters. The third-order valence-electron chi connectivity index (χ3n) is 0. The molecular weight excluding hydrogens is 538 g/mol. The van der Waals surface area contributed by atoms with Crippen LogP contribution in [-0.2, 0) is 49.3 Å². The summed E-state index contributed by atoms with van der Waals surface area (Å²) in [4.78, 5) is 0. The number of hydrogen-bond acceptors (Lipinski definition) is 1. The SMILES string of the molecule is O=P.[BiH3].[Ce].[V].[Zr]. The fourth-order valence-electron chi connectivity index (χ4n) is 0. The van der Waals surface area contributed by atoms with E-state index in [0.717, 1.165) is 0 Å². The molecule has 1 nitrogen and oxygen atoms in total. The Morgan fingerprint density at radius 1 is 1.17 bits per heavy atom. The van der Waals surface area contributed by atoms with Crippen LogP contribution in [0.1, 0.15) is 0 Å². The number of hydrogen-bond donors (Lipinski definition) is 0. The predicted octanol–water partition coefficient (Wildman–Crippen LogP) is -0.714. The first kappa shape index (κ1) is 32.9. The van der Waals surface area contributed by atoms with Crippen molar-refractivity contribution in [2.45, 2.75) is 0 Å². The summed E-state index contributed by atoms with van der Waals surface area (Å²) in [6.07, 6.45) is 0. The van der Waals surface area contributed by atoms with Gasteiger partial charge in [-0.2, -0.15) is 0 Å². The normalized spacial score (nSPS) is 0.667. The first-order chi connectivity index (χ1) is 1.00. The maximum Gasteiger partial charge on any atom is 0 e. The fourth-order valence-corrected chi connectivity index (χ4v) is 0. The summed E-state index contributed by atoms with van der Waals surface area (Å²) in [6.45, 7) is 0. The molecule has 0 N–H and O–H groups in total. The van der Waals surface area contributed by atoms with Crippen LogP contribution in [0.25, 0.3) is 0 Å². The van der Waals surface area contributed by atoms with Crippen LogP contribution < -0.4 is 0 Å². The van der Waals surface area contributed by atoms with E-state index in [2.05, 4.69) is 0 Å². The molecule has 1 radical (unpaired) electrons. The third kappa shape index (κ3) is 24.9. The molecule has 0 rings (SSSR count). The maximum atomic E-state index is 8.06. The van der Waals surface area contributed by atoms with Gasteiger partial charge in [0.05, 0.1) is 0 Å². The van der Waals surface area contributed by atoms with Crippen molar-refractivity contribution in [3.63, 3.8) is 0 Å². The van der Waals surface area contributed by atoms with Crippen molar-refractivity contribution >= 4 is 35.3 Å². The molecule has 0 aromatic heterocycles. The largest absolute Gasteiger partial charge is 0 e. The molecule has 0 fully saturated rings. The molecule has 33 valence electrons. The van der Waals surface area contributed by atoms with Gasteiger partial charge in [-0.3, -0.25) is 4.57 Å². The first-order valence-electron chi connectivity index (χ1n) is 0.204. The molecule has 0 aliphatic heterocycles. The van der Waals surface area contributed by atoms with Crippen LogP contribution >= 0.6 is 9.12 Å². The second-order valence-corrected chi connectivity index (χ2v) is 0. The van der Waals surface area contributed by atoms with Crippen LogP contribution in [-0.4, -0.2) is 26.2 Å². The molecular formula is H4BiCeOPVZr. The second-order valence-electron chi connectivity index (χ2n) is 0. The van der Waals surface area contributed by atoms with Gasteiger partial charge in [0, 0.05) is 86.5 Å². The Balaban J connectivity index is -0.000000000833. The van der Waals surface area contributed by atoms with Crippen molar-refractivity contribution in [3.05, 3.63) is 0 Å². The molecule has 0 aliphatic carbocycles. The van der Waals surface area contributed by atoms with Crippen molar-refractivity contribution in [2.75, 3.05) is 0 Å². The Morgan fingerprint density at radius 2 is 1.17 bits per heavy atom. The van der Waals surface area contributed by atoms with Crippen molar-refractivity contribution in [2.24, 2.45) is 0 Å². The molecule has 0 aliphatic rings. The van der Waals surface area contributed by atoms with Crippen LogP contribution in [0.15, 0.2) is 0 Å². The molecule has 0 saturated carbocycles. The van der Waals surface area contributed by atoms with Gasteiger partial charge >= 0.3 is 26.2 Å². The van der Waals surface area contributed by atoms with Gasteiger partial charge in [-0.25, -0.2) is 0 Å². The van der Waals surface area contributed by atoms with Crippen molar-refractivity contribution in [1.29, 1.82) is 0 Å². The Kier molecular flexibility index (Phi) is 202. The second kappa shape index (κ2) is 36.9. The molecule has 0 unspecified atom stereocenters. The summed E-state index contributed by atoms with van der Waals surface area (Å²) in [5, 5.41) is 0. The van der Waals surface area contributed by atoms with Gasteiger partial charge in [0.1, 0.15) is 9.12 Å². The quantitative estimate of drug-likeness (QED) is 0.292. The van der Waals surface area contributed by atoms with Gasteiger partial charge in [0.2, 0.25) is 0 Å². The van der Waals surface area contributed by atoms with E-state index < -0.39 is 0 Å². The zero-order valence-electron chi connectivity index (χ0n) is 3.06. The standard InChI is InChI=1S/Bi.Ce.HOP.V.Zr.3H/c;;1-2;;;;;/h;;2H;;;;;. The third-order valence-corrected chi connectivity index (χ3v) is 0. The van der Waals surface area contributed by atoms with Gasteiger partial charge < -0.3 is 0 Å². The summed E-state index contributed by atoms with van der Waals surface area (Å²) in [5.41, 5.74) is 0. The molecule has 0 spiro atoms. The maximum absolute atomic E-state index is 8.06. The minimum Gasteiger partial charge on any atom is 0 e. The minimum absolute atomic E-state index is 0. The molecule has 0 bridgehead atoms. The summed E-state index contributed by atoms with van der Waals surface area (Å²) in [5.74, 6) is 0. The van der Waals surface area contributed by atoms with Crippen molar-refractivity contribution in [3.8, 4) is 0 Å². The van der Waals surface area contributed by atoms with E-state index in [9.17, 15) is 0 Å². The number of rotatable bonds is 0. The van der Waals surface area contributed by atoms with Gasteiger partial charge in [0.15, 0.2) is 0 Å². The summed E-state index contributed by atoms with van der Waals surface area (Å²) in [7, 11) is 1.72. The Labute approximate surface area is 123 Å². The Hall–Kier alpha value is 3.83. The smallest absolute Gasteiger partial charge is 0 e. The van der Waals surface area contributed by atoms with Crippen LogP contribution in [0.5, 0.6) is 0 Å². The minimum atomic E-state index is 0. The Bertz CT molecular complexity index is 15.5. The van der Waals surface area contributed by atoms with Crippen molar-refractivity contribution < 1.29 is 91.1 Å².